The number of rotatable bonds is 1. The average molecular weight is 208 g/mol. The second-order valence-corrected chi connectivity index (χ2v) is 6.46. The van der Waals surface area contributed by atoms with E-state index in [4.69, 9.17) is 0 Å². The summed E-state index contributed by atoms with van der Waals surface area (Å²) in [6.45, 7) is 0.407. The third-order valence-corrected chi connectivity index (χ3v) is 6.16. The first-order valence-electron chi connectivity index (χ1n) is 6.58. The Hall–Kier alpha value is -0.0800. The Morgan fingerprint density at radius 1 is 0.867 bits per heavy atom. The second-order valence-electron chi connectivity index (χ2n) is 6.46. The fourth-order valence-electron chi connectivity index (χ4n) is 5.91. The SMILES string of the molecule is OCC1CC2CC1C1C3CC(O)C(C3)C21. The highest BCUT2D eigenvalue weighted by Crippen LogP contribution is 2.68. The number of aliphatic hydroxyl groups excluding tert-OH is 2. The van der Waals surface area contributed by atoms with Gasteiger partial charge in [-0.3, -0.25) is 0 Å². The topological polar surface area (TPSA) is 40.5 Å². The van der Waals surface area contributed by atoms with Crippen molar-refractivity contribution in [3.05, 3.63) is 0 Å². The molecule has 0 aromatic heterocycles. The molecule has 4 aliphatic carbocycles. The Bertz CT molecular complexity index is 290. The van der Waals surface area contributed by atoms with E-state index >= 15 is 0 Å². The average Bonchev–Trinajstić information content (AvgIpc) is 2.91. The lowest BCUT2D eigenvalue weighted by atomic mass is 9.67. The van der Waals surface area contributed by atoms with Crippen molar-refractivity contribution in [2.75, 3.05) is 6.61 Å². The molecule has 2 heteroatoms. The van der Waals surface area contributed by atoms with Crippen LogP contribution in [0, 0.1) is 41.4 Å². The summed E-state index contributed by atoms with van der Waals surface area (Å²) in [5, 5.41) is 19.3. The van der Waals surface area contributed by atoms with Gasteiger partial charge < -0.3 is 10.2 Å². The predicted octanol–water partition coefficient (Wildman–Crippen LogP) is 1.27. The molecule has 0 aliphatic heterocycles. The van der Waals surface area contributed by atoms with Crippen LogP contribution in [0.1, 0.15) is 25.7 Å². The molecule has 8 unspecified atom stereocenters. The molecule has 0 aromatic carbocycles. The number of aliphatic hydroxyl groups is 2. The van der Waals surface area contributed by atoms with Gasteiger partial charge in [0.1, 0.15) is 0 Å². The molecule has 0 spiro atoms. The van der Waals surface area contributed by atoms with E-state index in [1.54, 1.807) is 0 Å². The van der Waals surface area contributed by atoms with Gasteiger partial charge >= 0.3 is 0 Å². The van der Waals surface area contributed by atoms with Crippen LogP contribution in [0.5, 0.6) is 0 Å². The molecular weight excluding hydrogens is 188 g/mol. The first-order chi connectivity index (χ1) is 7.29. The highest BCUT2D eigenvalue weighted by Gasteiger charge is 2.64. The Kier molecular flexibility index (Phi) is 1.67. The lowest BCUT2D eigenvalue weighted by Crippen LogP contribution is -2.38. The zero-order chi connectivity index (χ0) is 10.2. The molecule has 2 nitrogen and oxygen atoms in total. The first kappa shape index (κ1) is 9.00. The summed E-state index contributed by atoms with van der Waals surface area (Å²) in [5.74, 6) is 5.43. The number of hydrogen-bond donors (Lipinski definition) is 2. The van der Waals surface area contributed by atoms with Gasteiger partial charge in [0.05, 0.1) is 6.10 Å². The molecule has 4 rings (SSSR count). The van der Waals surface area contributed by atoms with Gasteiger partial charge in [0.15, 0.2) is 0 Å². The molecule has 2 N–H and O–H groups in total. The van der Waals surface area contributed by atoms with Crippen LogP contribution < -0.4 is 0 Å². The summed E-state index contributed by atoms with van der Waals surface area (Å²) in [4.78, 5) is 0. The van der Waals surface area contributed by atoms with Crippen LogP contribution in [0.3, 0.4) is 0 Å². The smallest absolute Gasteiger partial charge is 0.0574 e. The van der Waals surface area contributed by atoms with E-state index in [1.165, 1.54) is 19.3 Å². The molecule has 84 valence electrons. The van der Waals surface area contributed by atoms with Gasteiger partial charge in [0, 0.05) is 6.61 Å². The van der Waals surface area contributed by atoms with Gasteiger partial charge in [-0.2, -0.15) is 0 Å². The summed E-state index contributed by atoms with van der Waals surface area (Å²) in [6, 6.07) is 0. The van der Waals surface area contributed by atoms with Crippen LogP contribution in [-0.2, 0) is 0 Å². The lowest BCUT2D eigenvalue weighted by Gasteiger charge is -2.39. The van der Waals surface area contributed by atoms with Crippen molar-refractivity contribution in [2.24, 2.45) is 41.4 Å². The zero-order valence-corrected chi connectivity index (χ0v) is 9.05. The van der Waals surface area contributed by atoms with Gasteiger partial charge in [0.2, 0.25) is 0 Å². The van der Waals surface area contributed by atoms with Crippen molar-refractivity contribution >= 4 is 0 Å². The maximum Gasteiger partial charge on any atom is 0.0574 e. The quantitative estimate of drug-likeness (QED) is 0.637. The van der Waals surface area contributed by atoms with Crippen LogP contribution in [0.25, 0.3) is 0 Å². The van der Waals surface area contributed by atoms with Crippen molar-refractivity contribution in [3.63, 3.8) is 0 Å². The fourth-order valence-corrected chi connectivity index (χ4v) is 5.91. The molecule has 4 saturated carbocycles. The van der Waals surface area contributed by atoms with E-state index in [-0.39, 0.29) is 6.10 Å². The van der Waals surface area contributed by atoms with E-state index in [2.05, 4.69) is 0 Å². The highest BCUT2D eigenvalue weighted by atomic mass is 16.3. The van der Waals surface area contributed by atoms with E-state index < -0.39 is 0 Å². The van der Waals surface area contributed by atoms with E-state index in [0.717, 1.165) is 36.0 Å². The van der Waals surface area contributed by atoms with Crippen molar-refractivity contribution in [3.8, 4) is 0 Å². The van der Waals surface area contributed by atoms with Gasteiger partial charge in [0.25, 0.3) is 0 Å². The van der Waals surface area contributed by atoms with Crippen LogP contribution >= 0.6 is 0 Å². The normalized spacial score (nSPS) is 65.2. The minimum atomic E-state index is 0.0168. The van der Waals surface area contributed by atoms with Crippen LogP contribution in [-0.4, -0.2) is 22.9 Å². The summed E-state index contributed by atoms with van der Waals surface area (Å²) in [7, 11) is 0. The molecule has 0 heterocycles. The Labute approximate surface area is 90.7 Å². The van der Waals surface area contributed by atoms with Crippen LogP contribution in [0.15, 0.2) is 0 Å². The standard InChI is InChI=1S/C13H20O2/c14-5-8-1-6-2-9(8)12-7-3-10(13(6)12)11(15)4-7/h6-15H,1-5H2. The predicted molar refractivity (Wildman–Crippen MR) is 56.0 cm³/mol. The number of fused-ring (bicyclic) bond motifs is 9. The van der Waals surface area contributed by atoms with Gasteiger partial charge in [-0.1, -0.05) is 0 Å². The molecule has 0 aromatic rings. The first-order valence-corrected chi connectivity index (χ1v) is 6.58. The van der Waals surface area contributed by atoms with Crippen molar-refractivity contribution in [2.45, 2.75) is 31.8 Å². The molecule has 0 radical (unpaired) electrons. The summed E-state index contributed by atoms with van der Waals surface area (Å²) >= 11 is 0. The molecule has 4 aliphatic rings. The minimum absolute atomic E-state index is 0.0168. The molecule has 4 fully saturated rings. The van der Waals surface area contributed by atoms with Gasteiger partial charge in [-0.05, 0) is 67.1 Å². The van der Waals surface area contributed by atoms with Crippen molar-refractivity contribution in [1.29, 1.82) is 0 Å². The van der Waals surface area contributed by atoms with Crippen LogP contribution in [0.2, 0.25) is 0 Å². The Morgan fingerprint density at radius 2 is 1.53 bits per heavy atom. The molecule has 0 saturated heterocycles. The van der Waals surface area contributed by atoms with Gasteiger partial charge in [-0.25, -0.2) is 0 Å². The van der Waals surface area contributed by atoms with E-state index in [0.29, 0.717) is 18.4 Å². The molecular formula is C13H20O2. The third kappa shape index (κ3) is 0.938. The van der Waals surface area contributed by atoms with E-state index in [9.17, 15) is 10.2 Å². The monoisotopic (exact) mass is 208 g/mol. The number of hydrogen-bond acceptors (Lipinski definition) is 2. The molecule has 15 heavy (non-hydrogen) atoms. The molecule has 8 atom stereocenters. The second kappa shape index (κ2) is 2.78. The van der Waals surface area contributed by atoms with Gasteiger partial charge in [-0.15, -0.1) is 0 Å². The maximum absolute atomic E-state index is 9.97. The highest BCUT2D eigenvalue weighted by molar-refractivity contribution is 5.12. The lowest BCUT2D eigenvalue weighted by molar-refractivity contribution is 0.00656. The van der Waals surface area contributed by atoms with Crippen LogP contribution in [0.4, 0.5) is 0 Å². The minimum Gasteiger partial charge on any atom is -0.396 e. The largest absolute Gasteiger partial charge is 0.396 e. The maximum atomic E-state index is 9.97. The molecule has 0 amide bonds. The van der Waals surface area contributed by atoms with E-state index in [1.807, 2.05) is 0 Å². The third-order valence-electron chi connectivity index (χ3n) is 6.16. The zero-order valence-electron chi connectivity index (χ0n) is 9.05. The fraction of sp³-hybridized carbons (Fsp3) is 1.00. The molecule has 4 bridgehead atoms. The van der Waals surface area contributed by atoms with Crippen molar-refractivity contribution in [1.82, 2.24) is 0 Å². The Morgan fingerprint density at radius 3 is 2.33 bits per heavy atom. The summed E-state index contributed by atoms with van der Waals surface area (Å²) in [5.41, 5.74) is 0. The summed E-state index contributed by atoms with van der Waals surface area (Å²) in [6.07, 6.45) is 4.98. The summed E-state index contributed by atoms with van der Waals surface area (Å²) < 4.78 is 0. The van der Waals surface area contributed by atoms with Crippen molar-refractivity contribution < 1.29 is 10.2 Å². The Balaban J connectivity index is 1.67.